The first kappa shape index (κ1) is 22.7. The van der Waals surface area contributed by atoms with Crippen LogP contribution in [0.2, 0.25) is 0 Å². The number of allylic oxidation sites excluding steroid dienone is 2. The van der Waals surface area contributed by atoms with E-state index in [1.807, 2.05) is 0 Å². The van der Waals surface area contributed by atoms with Crippen molar-refractivity contribution in [2.45, 2.75) is 118 Å². The van der Waals surface area contributed by atoms with Gasteiger partial charge in [-0.25, -0.2) is 0 Å². The van der Waals surface area contributed by atoms with Crippen molar-refractivity contribution in [3.8, 4) is 0 Å². The third kappa shape index (κ3) is 12.8. The lowest BCUT2D eigenvalue weighted by Gasteiger charge is -2.24. The SMILES string of the molecule is CCCCC/C=C(\CCCCC)C(C)CC(CCC)NCCC. The average Bonchev–Trinajstić information content (AvgIpc) is 2.55. The van der Waals surface area contributed by atoms with Gasteiger partial charge in [0.1, 0.15) is 0 Å². The zero-order valence-corrected chi connectivity index (χ0v) is 16.9. The summed E-state index contributed by atoms with van der Waals surface area (Å²) in [7, 11) is 0. The molecule has 0 rings (SSSR count). The Balaban J connectivity index is 4.55. The van der Waals surface area contributed by atoms with E-state index in [1.165, 1.54) is 83.6 Å². The highest BCUT2D eigenvalue weighted by molar-refractivity contribution is 5.06. The van der Waals surface area contributed by atoms with E-state index in [9.17, 15) is 0 Å². The molecule has 0 aliphatic rings. The molecule has 0 radical (unpaired) electrons. The Labute approximate surface area is 147 Å². The van der Waals surface area contributed by atoms with Crippen LogP contribution in [-0.4, -0.2) is 12.6 Å². The van der Waals surface area contributed by atoms with Crippen molar-refractivity contribution in [1.82, 2.24) is 5.32 Å². The first-order valence-corrected chi connectivity index (χ1v) is 10.6. The van der Waals surface area contributed by atoms with Crippen LogP contribution in [0.1, 0.15) is 112 Å². The molecule has 2 unspecified atom stereocenters. The minimum Gasteiger partial charge on any atom is -0.314 e. The predicted molar refractivity (Wildman–Crippen MR) is 107 cm³/mol. The second-order valence-electron chi connectivity index (χ2n) is 7.31. The highest BCUT2D eigenvalue weighted by atomic mass is 14.9. The Morgan fingerprint density at radius 2 is 1.57 bits per heavy atom. The van der Waals surface area contributed by atoms with Crippen LogP contribution >= 0.6 is 0 Å². The molecule has 0 spiro atoms. The molecule has 0 amide bonds. The van der Waals surface area contributed by atoms with E-state index in [0.717, 1.165) is 5.92 Å². The van der Waals surface area contributed by atoms with Crippen LogP contribution in [0.5, 0.6) is 0 Å². The maximum absolute atomic E-state index is 3.77. The zero-order chi connectivity index (χ0) is 17.3. The van der Waals surface area contributed by atoms with Crippen LogP contribution < -0.4 is 5.32 Å². The lowest BCUT2D eigenvalue weighted by Crippen LogP contribution is -2.31. The molecule has 138 valence electrons. The van der Waals surface area contributed by atoms with E-state index in [2.05, 4.69) is 46.0 Å². The van der Waals surface area contributed by atoms with E-state index in [4.69, 9.17) is 0 Å². The molecule has 2 atom stereocenters. The number of unbranched alkanes of at least 4 members (excludes halogenated alkanes) is 5. The third-order valence-electron chi connectivity index (χ3n) is 4.87. The van der Waals surface area contributed by atoms with Crippen molar-refractivity contribution in [3.63, 3.8) is 0 Å². The first-order chi connectivity index (χ1) is 11.2. The summed E-state index contributed by atoms with van der Waals surface area (Å²) in [6.07, 6.45) is 18.5. The predicted octanol–water partition coefficient (Wildman–Crippen LogP) is 7.27. The largest absolute Gasteiger partial charge is 0.314 e. The maximum Gasteiger partial charge on any atom is 0.00725 e. The van der Waals surface area contributed by atoms with Crippen molar-refractivity contribution in [2.75, 3.05) is 6.54 Å². The van der Waals surface area contributed by atoms with Crippen LogP contribution in [0, 0.1) is 5.92 Å². The van der Waals surface area contributed by atoms with Gasteiger partial charge in [-0.2, -0.15) is 0 Å². The average molecular weight is 324 g/mol. The molecule has 0 aliphatic heterocycles. The van der Waals surface area contributed by atoms with Gasteiger partial charge in [0.15, 0.2) is 0 Å². The molecular formula is C22H45N. The molecule has 1 nitrogen and oxygen atoms in total. The van der Waals surface area contributed by atoms with Gasteiger partial charge in [-0.05, 0) is 57.4 Å². The molecule has 0 aromatic heterocycles. The van der Waals surface area contributed by atoms with Crippen LogP contribution in [-0.2, 0) is 0 Å². The van der Waals surface area contributed by atoms with Crippen LogP contribution in [0.25, 0.3) is 0 Å². The summed E-state index contributed by atoms with van der Waals surface area (Å²) < 4.78 is 0. The van der Waals surface area contributed by atoms with Crippen molar-refractivity contribution >= 4 is 0 Å². The molecule has 0 aromatic carbocycles. The molecule has 0 bridgehead atoms. The maximum atomic E-state index is 3.77. The van der Waals surface area contributed by atoms with E-state index in [1.54, 1.807) is 5.57 Å². The summed E-state index contributed by atoms with van der Waals surface area (Å²) in [4.78, 5) is 0. The topological polar surface area (TPSA) is 12.0 Å². The number of hydrogen-bond donors (Lipinski definition) is 1. The highest BCUT2D eigenvalue weighted by Gasteiger charge is 2.15. The van der Waals surface area contributed by atoms with Gasteiger partial charge in [0.05, 0.1) is 0 Å². The van der Waals surface area contributed by atoms with Gasteiger partial charge >= 0.3 is 0 Å². The standard InChI is InChI=1S/C22H45N/c1-6-10-12-14-17-21(16-13-11-7-2)20(5)19-22(15-8-3)23-18-9-4/h17,20,22-23H,6-16,18-19H2,1-5H3/b21-17+. The van der Waals surface area contributed by atoms with Gasteiger partial charge in [0.25, 0.3) is 0 Å². The lowest BCUT2D eigenvalue weighted by atomic mass is 9.88. The van der Waals surface area contributed by atoms with E-state index in [0.29, 0.717) is 6.04 Å². The summed E-state index contributed by atoms with van der Waals surface area (Å²) in [5, 5.41) is 3.77. The van der Waals surface area contributed by atoms with Crippen LogP contribution in [0.4, 0.5) is 0 Å². The van der Waals surface area contributed by atoms with Crippen LogP contribution in [0.15, 0.2) is 11.6 Å². The van der Waals surface area contributed by atoms with Gasteiger partial charge in [-0.15, -0.1) is 0 Å². The molecule has 0 fully saturated rings. The summed E-state index contributed by atoms with van der Waals surface area (Å²) >= 11 is 0. The summed E-state index contributed by atoms with van der Waals surface area (Å²) in [6, 6.07) is 0.708. The van der Waals surface area contributed by atoms with Crippen molar-refractivity contribution < 1.29 is 0 Å². The minimum atomic E-state index is 0.708. The Bertz CT molecular complexity index is 269. The summed E-state index contributed by atoms with van der Waals surface area (Å²) in [5.41, 5.74) is 1.74. The molecule has 0 saturated heterocycles. The van der Waals surface area contributed by atoms with Crippen LogP contribution in [0.3, 0.4) is 0 Å². The quantitative estimate of drug-likeness (QED) is 0.233. The Hall–Kier alpha value is -0.300. The molecule has 1 heteroatoms. The fraction of sp³-hybridized carbons (Fsp3) is 0.909. The highest BCUT2D eigenvalue weighted by Crippen LogP contribution is 2.25. The van der Waals surface area contributed by atoms with Crippen molar-refractivity contribution in [1.29, 1.82) is 0 Å². The molecule has 0 heterocycles. The lowest BCUT2D eigenvalue weighted by molar-refractivity contribution is 0.398. The van der Waals surface area contributed by atoms with E-state index >= 15 is 0 Å². The smallest absolute Gasteiger partial charge is 0.00725 e. The fourth-order valence-corrected chi connectivity index (χ4v) is 3.39. The fourth-order valence-electron chi connectivity index (χ4n) is 3.39. The summed E-state index contributed by atoms with van der Waals surface area (Å²) in [5.74, 6) is 0.745. The van der Waals surface area contributed by atoms with Crippen molar-refractivity contribution in [3.05, 3.63) is 11.6 Å². The minimum absolute atomic E-state index is 0.708. The van der Waals surface area contributed by atoms with Gasteiger partial charge in [0.2, 0.25) is 0 Å². The number of rotatable bonds is 16. The van der Waals surface area contributed by atoms with E-state index in [-0.39, 0.29) is 0 Å². The first-order valence-electron chi connectivity index (χ1n) is 10.6. The number of nitrogens with one attached hydrogen (secondary N) is 1. The molecular weight excluding hydrogens is 278 g/mol. The van der Waals surface area contributed by atoms with Gasteiger partial charge in [0, 0.05) is 6.04 Å². The molecule has 0 saturated carbocycles. The molecule has 0 aliphatic carbocycles. The van der Waals surface area contributed by atoms with Gasteiger partial charge in [-0.1, -0.05) is 78.4 Å². The van der Waals surface area contributed by atoms with Crippen molar-refractivity contribution in [2.24, 2.45) is 5.92 Å². The normalized spacial score (nSPS) is 14.9. The second kappa shape index (κ2) is 16.6. The van der Waals surface area contributed by atoms with Gasteiger partial charge in [-0.3, -0.25) is 0 Å². The molecule has 1 N–H and O–H groups in total. The van der Waals surface area contributed by atoms with Gasteiger partial charge < -0.3 is 5.32 Å². The molecule has 0 aromatic rings. The Kier molecular flexibility index (Phi) is 16.3. The zero-order valence-electron chi connectivity index (χ0n) is 16.9. The Morgan fingerprint density at radius 1 is 0.870 bits per heavy atom. The monoisotopic (exact) mass is 323 g/mol. The summed E-state index contributed by atoms with van der Waals surface area (Å²) in [6.45, 7) is 12.8. The number of hydrogen-bond acceptors (Lipinski definition) is 1. The Morgan fingerprint density at radius 3 is 2.17 bits per heavy atom. The third-order valence-corrected chi connectivity index (χ3v) is 4.87. The second-order valence-corrected chi connectivity index (χ2v) is 7.31. The molecule has 23 heavy (non-hydrogen) atoms. The van der Waals surface area contributed by atoms with E-state index < -0.39 is 0 Å².